The maximum Gasteiger partial charge on any atom is 0.416 e. The summed E-state index contributed by atoms with van der Waals surface area (Å²) in [6.07, 6.45) is 6.14. The molecule has 250 valence electrons. The molecule has 0 spiro atoms. The highest BCUT2D eigenvalue weighted by Crippen LogP contribution is 2.23. The molecule has 2 heterocycles. The summed E-state index contributed by atoms with van der Waals surface area (Å²) in [4.78, 5) is 35.9. The van der Waals surface area contributed by atoms with E-state index in [1.807, 2.05) is 18.2 Å². The van der Waals surface area contributed by atoms with Gasteiger partial charge in [-0.15, -0.1) is 0 Å². The SMILES string of the molecule is CCCCCCc1cccc(CN(Cc2cccc(N(CC(=O)OC(C)(C)C)C(=O)OC(C)(C)C)n2)S(=O)(=O)c2ccccn2)c1. The second kappa shape index (κ2) is 16.1. The molecule has 0 fully saturated rings. The maximum atomic E-state index is 13.9. The second-order valence-electron chi connectivity index (χ2n) is 13.2. The van der Waals surface area contributed by atoms with Gasteiger partial charge in [0, 0.05) is 12.7 Å². The number of hydrogen-bond donors (Lipinski definition) is 0. The van der Waals surface area contributed by atoms with Gasteiger partial charge >= 0.3 is 12.1 Å². The lowest BCUT2D eigenvalue weighted by Gasteiger charge is -2.28. The van der Waals surface area contributed by atoms with Gasteiger partial charge in [0.1, 0.15) is 23.6 Å². The number of hydrogen-bond acceptors (Lipinski definition) is 8. The van der Waals surface area contributed by atoms with Gasteiger partial charge in [-0.25, -0.2) is 23.2 Å². The van der Waals surface area contributed by atoms with Crippen LogP contribution in [0.25, 0.3) is 0 Å². The molecule has 0 unspecified atom stereocenters. The van der Waals surface area contributed by atoms with E-state index in [0.29, 0.717) is 5.69 Å². The highest BCUT2D eigenvalue weighted by Gasteiger charge is 2.30. The third-order valence-corrected chi connectivity index (χ3v) is 8.35. The van der Waals surface area contributed by atoms with Crippen LogP contribution in [-0.2, 0) is 43.8 Å². The average molecular weight is 653 g/mol. The van der Waals surface area contributed by atoms with Gasteiger partial charge in [0.05, 0.1) is 12.2 Å². The van der Waals surface area contributed by atoms with Crippen molar-refractivity contribution in [1.82, 2.24) is 14.3 Å². The lowest BCUT2D eigenvalue weighted by molar-refractivity contribution is -0.153. The summed E-state index contributed by atoms with van der Waals surface area (Å²) in [5.74, 6) is -0.513. The number of nitrogens with zero attached hydrogens (tertiary/aromatic N) is 4. The van der Waals surface area contributed by atoms with Crippen LogP contribution >= 0.6 is 0 Å². The summed E-state index contributed by atoms with van der Waals surface area (Å²) in [6, 6.07) is 17.6. The number of amides is 1. The third kappa shape index (κ3) is 11.8. The van der Waals surface area contributed by atoms with Crippen LogP contribution in [0.15, 0.2) is 71.9 Å². The first-order chi connectivity index (χ1) is 21.6. The topological polar surface area (TPSA) is 119 Å². The number of pyridine rings is 2. The maximum absolute atomic E-state index is 13.9. The monoisotopic (exact) mass is 652 g/mol. The number of carbonyl (C=O) groups is 2. The predicted octanol–water partition coefficient (Wildman–Crippen LogP) is 7.07. The molecule has 11 heteroatoms. The summed E-state index contributed by atoms with van der Waals surface area (Å²) in [5, 5.41) is -0.0813. The Kier molecular flexibility index (Phi) is 12.8. The molecule has 0 radical (unpaired) electrons. The highest BCUT2D eigenvalue weighted by atomic mass is 32.2. The lowest BCUT2D eigenvalue weighted by Crippen LogP contribution is -2.42. The molecule has 1 aromatic carbocycles. The van der Waals surface area contributed by atoms with Crippen LogP contribution in [0, 0.1) is 0 Å². The number of aromatic nitrogens is 2. The van der Waals surface area contributed by atoms with E-state index < -0.39 is 39.8 Å². The van der Waals surface area contributed by atoms with Crippen LogP contribution in [0.2, 0.25) is 0 Å². The smallest absolute Gasteiger partial charge is 0.416 e. The van der Waals surface area contributed by atoms with Gasteiger partial charge in [-0.3, -0.25) is 9.69 Å². The van der Waals surface area contributed by atoms with Crippen molar-refractivity contribution >= 4 is 27.9 Å². The van der Waals surface area contributed by atoms with E-state index in [4.69, 9.17) is 9.47 Å². The van der Waals surface area contributed by atoms with E-state index in [2.05, 4.69) is 23.0 Å². The Balaban J connectivity index is 1.96. The number of carbonyl (C=O) groups excluding carboxylic acids is 2. The first kappa shape index (κ1) is 36.6. The molecular weight excluding hydrogens is 604 g/mol. The quantitative estimate of drug-likeness (QED) is 0.134. The van der Waals surface area contributed by atoms with Crippen molar-refractivity contribution in [3.8, 4) is 0 Å². The van der Waals surface area contributed by atoms with Crippen molar-refractivity contribution in [2.24, 2.45) is 0 Å². The highest BCUT2D eigenvalue weighted by molar-refractivity contribution is 7.89. The molecule has 0 saturated carbocycles. The lowest BCUT2D eigenvalue weighted by atomic mass is 10.0. The number of ether oxygens (including phenoxy) is 2. The number of unbranched alkanes of at least 4 members (excludes halogenated alkanes) is 3. The van der Waals surface area contributed by atoms with Gasteiger partial charge < -0.3 is 9.47 Å². The van der Waals surface area contributed by atoms with Crippen molar-refractivity contribution in [2.75, 3.05) is 11.4 Å². The zero-order valence-corrected chi connectivity index (χ0v) is 29.0. The van der Waals surface area contributed by atoms with Crippen molar-refractivity contribution in [3.63, 3.8) is 0 Å². The van der Waals surface area contributed by atoms with Crippen molar-refractivity contribution in [1.29, 1.82) is 0 Å². The molecule has 2 aromatic heterocycles. The molecule has 0 bridgehead atoms. The van der Waals surface area contributed by atoms with E-state index in [-0.39, 0.29) is 23.9 Å². The van der Waals surface area contributed by atoms with E-state index >= 15 is 0 Å². The third-order valence-electron chi connectivity index (χ3n) is 6.64. The van der Waals surface area contributed by atoms with Crippen LogP contribution in [0.1, 0.15) is 91.0 Å². The Hall–Kier alpha value is -3.83. The van der Waals surface area contributed by atoms with E-state index in [1.54, 1.807) is 71.9 Å². The van der Waals surface area contributed by atoms with Crippen LogP contribution < -0.4 is 4.90 Å². The fraction of sp³-hybridized carbons (Fsp3) is 0.486. The van der Waals surface area contributed by atoms with Crippen LogP contribution in [0.5, 0.6) is 0 Å². The van der Waals surface area contributed by atoms with Gasteiger partial charge in [0.25, 0.3) is 10.0 Å². The van der Waals surface area contributed by atoms with Gasteiger partial charge in [-0.2, -0.15) is 4.31 Å². The molecule has 10 nitrogen and oxygen atoms in total. The molecule has 0 atom stereocenters. The molecule has 3 aromatic rings. The van der Waals surface area contributed by atoms with Gasteiger partial charge in [-0.05, 0) is 89.8 Å². The molecule has 3 rings (SSSR count). The Morgan fingerprint density at radius 2 is 1.50 bits per heavy atom. The number of sulfonamides is 1. The number of benzene rings is 1. The number of aryl methyl sites for hydroxylation is 1. The molecule has 0 aliphatic carbocycles. The zero-order valence-electron chi connectivity index (χ0n) is 28.2. The minimum absolute atomic E-state index is 0.0813. The summed E-state index contributed by atoms with van der Waals surface area (Å²) in [5.41, 5.74) is 0.756. The Labute approximate surface area is 274 Å². The molecule has 0 saturated heterocycles. The number of anilines is 1. The molecule has 46 heavy (non-hydrogen) atoms. The number of esters is 1. The fourth-order valence-corrected chi connectivity index (χ4v) is 5.98. The van der Waals surface area contributed by atoms with E-state index in [0.717, 1.165) is 41.7 Å². The van der Waals surface area contributed by atoms with Gasteiger partial charge in [0.2, 0.25) is 0 Å². The standard InChI is InChI=1S/C35H48N4O6S/c1-8-9-10-11-16-27-17-14-18-28(23-27)24-38(46(42,43)31-21-12-13-22-36-31)25-29-19-15-20-30(37-29)39(33(41)45-35(5,6)7)26-32(40)44-34(2,3)4/h12-15,17-23H,8-11,16,24-26H2,1-7H3. The first-order valence-corrected chi connectivity index (χ1v) is 17.2. The van der Waals surface area contributed by atoms with Crippen molar-refractivity contribution in [2.45, 2.75) is 110 Å². The molecule has 0 N–H and O–H groups in total. The summed E-state index contributed by atoms with van der Waals surface area (Å²) in [6.45, 7) is 12.1. The normalized spacial score (nSPS) is 12.2. The second-order valence-corrected chi connectivity index (χ2v) is 15.1. The molecule has 0 aliphatic heterocycles. The molecule has 0 aliphatic rings. The van der Waals surface area contributed by atoms with Gasteiger partial charge in [0.15, 0.2) is 5.03 Å². The zero-order chi connectivity index (χ0) is 34.0. The Bertz CT molecular complexity index is 1550. The van der Waals surface area contributed by atoms with Crippen LogP contribution in [0.4, 0.5) is 10.6 Å². The van der Waals surface area contributed by atoms with Crippen LogP contribution in [0.3, 0.4) is 0 Å². The Morgan fingerprint density at radius 1 is 0.804 bits per heavy atom. The summed E-state index contributed by atoms with van der Waals surface area (Å²) < 4.78 is 40.2. The van der Waals surface area contributed by atoms with Gasteiger partial charge in [-0.1, -0.05) is 62.6 Å². The minimum Gasteiger partial charge on any atom is -0.459 e. The summed E-state index contributed by atoms with van der Waals surface area (Å²) in [7, 11) is -4.04. The van der Waals surface area contributed by atoms with E-state index in [9.17, 15) is 18.0 Å². The Morgan fingerprint density at radius 3 is 2.15 bits per heavy atom. The number of rotatable bonds is 14. The average Bonchev–Trinajstić information content (AvgIpc) is 2.97. The first-order valence-electron chi connectivity index (χ1n) is 15.7. The summed E-state index contributed by atoms with van der Waals surface area (Å²) >= 11 is 0. The van der Waals surface area contributed by atoms with Crippen molar-refractivity contribution < 1.29 is 27.5 Å². The van der Waals surface area contributed by atoms with E-state index in [1.165, 1.54) is 23.0 Å². The largest absolute Gasteiger partial charge is 0.459 e. The predicted molar refractivity (Wildman–Crippen MR) is 179 cm³/mol. The minimum atomic E-state index is -4.04. The fourth-order valence-electron chi connectivity index (χ4n) is 4.65. The molecular formula is C35H48N4O6S. The van der Waals surface area contributed by atoms with Crippen LogP contribution in [-0.4, -0.2) is 52.5 Å². The molecule has 1 amide bonds. The van der Waals surface area contributed by atoms with Crippen molar-refractivity contribution in [3.05, 3.63) is 83.7 Å².